The highest BCUT2D eigenvalue weighted by molar-refractivity contribution is 5.84. The second kappa shape index (κ2) is 17.9. The molecular formula is C46H56. The van der Waals surface area contributed by atoms with Crippen molar-refractivity contribution in [3.05, 3.63) is 157 Å². The molecule has 0 bridgehead atoms. The Morgan fingerprint density at radius 2 is 1.00 bits per heavy atom. The van der Waals surface area contributed by atoms with Crippen molar-refractivity contribution in [2.75, 3.05) is 0 Å². The van der Waals surface area contributed by atoms with Crippen LogP contribution in [0.4, 0.5) is 0 Å². The van der Waals surface area contributed by atoms with Gasteiger partial charge in [0, 0.05) is 5.41 Å². The van der Waals surface area contributed by atoms with Gasteiger partial charge in [-0.25, -0.2) is 0 Å². The minimum absolute atomic E-state index is 0. The number of fused-ring (bicyclic) bond motifs is 3. The molecule has 5 aromatic carbocycles. The molecule has 46 heavy (non-hydrogen) atoms. The van der Waals surface area contributed by atoms with Crippen molar-refractivity contribution in [1.29, 1.82) is 0 Å². The quantitative estimate of drug-likeness (QED) is 0.174. The van der Waals surface area contributed by atoms with Crippen LogP contribution in [-0.4, -0.2) is 0 Å². The van der Waals surface area contributed by atoms with Gasteiger partial charge in [0.25, 0.3) is 0 Å². The zero-order valence-electron chi connectivity index (χ0n) is 28.9. The van der Waals surface area contributed by atoms with E-state index in [0.717, 1.165) is 0 Å². The van der Waals surface area contributed by atoms with Gasteiger partial charge in [-0.3, -0.25) is 0 Å². The molecule has 0 spiro atoms. The third-order valence-electron chi connectivity index (χ3n) is 8.05. The first kappa shape index (κ1) is 37.8. The Morgan fingerprint density at radius 1 is 0.630 bits per heavy atom. The van der Waals surface area contributed by atoms with Crippen LogP contribution in [0.15, 0.2) is 140 Å². The molecular weight excluding hydrogens is 553 g/mol. The van der Waals surface area contributed by atoms with E-state index in [2.05, 4.69) is 163 Å². The van der Waals surface area contributed by atoms with Crippen LogP contribution in [0.3, 0.4) is 0 Å². The van der Waals surface area contributed by atoms with Crippen LogP contribution in [0, 0.1) is 6.92 Å². The Morgan fingerprint density at radius 3 is 1.41 bits per heavy atom. The Labute approximate surface area is 281 Å². The summed E-state index contributed by atoms with van der Waals surface area (Å²) < 4.78 is 0. The Bertz CT molecular complexity index is 1660. The van der Waals surface area contributed by atoms with Crippen molar-refractivity contribution in [2.45, 2.75) is 81.1 Å². The molecule has 0 saturated heterocycles. The number of aryl methyl sites for hydroxylation is 1. The van der Waals surface area contributed by atoms with E-state index >= 15 is 0 Å². The molecule has 0 radical (unpaired) electrons. The summed E-state index contributed by atoms with van der Waals surface area (Å²) >= 11 is 0. The highest BCUT2D eigenvalue weighted by Crippen LogP contribution is 2.49. The average Bonchev–Trinajstić information content (AvgIpc) is 3.28. The third kappa shape index (κ3) is 9.07. The van der Waals surface area contributed by atoms with Crippen molar-refractivity contribution in [3.63, 3.8) is 0 Å². The van der Waals surface area contributed by atoms with Gasteiger partial charge in [-0.15, -0.1) is 13.2 Å². The Hall–Kier alpha value is -4.42. The summed E-state index contributed by atoms with van der Waals surface area (Å²) in [6.07, 6.45) is 4.16. The van der Waals surface area contributed by atoms with Gasteiger partial charge in [0.1, 0.15) is 0 Å². The van der Waals surface area contributed by atoms with Crippen LogP contribution in [0.25, 0.3) is 44.5 Å². The molecule has 0 atom stereocenters. The molecule has 0 aliphatic heterocycles. The summed E-state index contributed by atoms with van der Waals surface area (Å²) in [5.74, 6) is 0. The number of allylic oxidation sites excluding steroid dienone is 2. The Balaban J connectivity index is 0.000000540. The smallest absolute Gasteiger partial charge is 0.0159 e. The van der Waals surface area contributed by atoms with Gasteiger partial charge in [0.2, 0.25) is 0 Å². The molecule has 5 aromatic rings. The molecule has 0 unspecified atom stereocenters. The van der Waals surface area contributed by atoms with E-state index in [1.165, 1.54) is 79.6 Å². The van der Waals surface area contributed by atoms with Gasteiger partial charge in [0.15, 0.2) is 0 Å². The largest absolute Gasteiger partial charge is 0.103 e. The maximum atomic E-state index is 3.74. The molecule has 0 aromatic heterocycles. The van der Waals surface area contributed by atoms with Crippen LogP contribution in [0.1, 0.15) is 85.4 Å². The summed E-state index contributed by atoms with van der Waals surface area (Å²) in [5.41, 5.74) is 15.8. The van der Waals surface area contributed by atoms with Gasteiger partial charge in [-0.1, -0.05) is 175 Å². The van der Waals surface area contributed by atoms with Crippen LogP contribution in [-0.2, 0) is 5.41 Å². The lowest BCUT2D eigenvalue weighted by Crippen LogP contribution is -2.15. The topological polar surface area (TPSA) is 0 Å². The fourth-order valence-electron chi connectivity index (χ4n) is 5.80. The van der Waals surface area contributed by atoms with Crippen molar-refractivity contribution in [2.24, 2.45) is 0 Å². The lowest BCUT2D eigenvalue weighted by molar-refractivity contribution is 0.660. The molecule has 0 amide bonds. The minimum Gasteiger partial charge on any atom is -0.103 e. The summed E-state index contributed by atoms with van der Waals surface area (Å²) in [6, 6.07) is 42.2. The molecule has 0 nitrogen and oxygen atoms in total. The molecule has 0 saturated carbocycles. The van der Waals surface area contributed by atoms with Crippen molar-refractivity contribution >= 4 is 0 Å². The van der Waals surface area contributed by atoms with Crippen molar-refractivity contribution < 1.29 is 0 Å². The van der Waals surface area contributed by atoms with Crippen LogP contribution in [0.5, 0.6) is 0 Å². The van der Waals surface area contributed by atoms with E-state index < -0.39 is 0 Å². The van der Waals surface area contributed by atoms with Crippen molar-refractivity contribution in [3.8, 4) is 44.5 Å². The molecule has 0 heteroatoms. The maximum Gasteiger partial charge on any atom is 0.0159 e. The number of benzene rings is 5. The third-order valence-corrected chi connectivity index (χ3v) is 8.05. The average molecular weight is 609 g/mol. The maximum absolute atomic E-state index is 3.74. The van der Waals surface area contributed by atoms with E-state index in [0.29, 0.717) is 0 Å². The fraction of sp³-hybridized carbons (Fsp3) is 0.261. The number of rotatable bonds is 5. The van der Waals surface area contributed by atoms with E-state index in [1.807, 2.05) is 20.8 Å². The zero-order chi connectivity index (χ0) is 33.0. The lowest BCUT2D eigenvalue weighted by atomic mass is 9.81. The Kier molecular flexibility index (Phi) is 14.7. The van der Waals surface area contributed by atoms with Crippen LogP contribution >= 0.6 is 0 Å². The summed E-state index contributed by atoms with van der Waals surface area (Å²) in [6.45, 7) is 24.1. The minimum atomic E-state index is 0. The monoisotopic (exact) mass is 608 g/mol. The second-order valence-corrected chi connectivity index (χ2v) is 12.1. The second-order valence-electron chi connectivity index (χ2n) is 12.1. The zero-order valence-corrected chi connectivity index (χ0v) is 28.9. The van der Waals surface area contributed by atoms with Crippen molar-refractivity contribution in [1.82, 2.24) is 0 Å². The summed E-state index contributed by atoms with van der Waals surface area (Å²) in [7, 11) is 0. The highest BCUT2D eigenvalue weighted by Gasteiger charge is 2.35. The molecule has 240 valence electrons. The van der Waals surface area contributed by atoms with E-state index in [-0.39, 0.29) is 12.8 Å². The summed E-state index contributed by atoms with van der Waals surface area (Å²) in [5, 5.41) is 0. The predicted octanol–water partition coefficient (Wildman–Crippen LogP) is 14.5. The highest BCUT2D eigenvalue weighted by atomic mass is 14.4. The first-order chi connectivity index (χ1) is 21.7. The molecule has 1 aliphatic rings. The SMILES string of the molecule is C.C=C(C)CCC.C=CC.CC.Cc1ccc2c(c1)C(C)(C)c1cc(-c3ccc(-c4ccc(-c5ccccc5)cc4)cc3)ccc1-2. The predicted molar refractivity (Wildman–Crippen MR) is 209 cm³/mol. The van der Waals surface area contributed by atoms with Crippen LogP contribution in [0.2, 0.25) is 0 Å². The standard InChI is InChI=1S/C34H28.C6H12.C3H6.C2H6.CH4/c1-23-9-19-30-31-20-18-29(22-33(31)34(2,3)32(30)21-23)28-16-14-27(15-17-28)26-12-10-25(11-13-26)24-7-5-4-6-8-24;1-4-5-6(2)3;1-3-2;1-2;/h4-22H,1-3H3;2,4-5H2,1,3H3;3H,1H2,2H3;1-2H3;1H4. The molecule has 0 fully saturated rings. The first-order valence-electron chi connectivity index (χ1n) is 16.4. The van der Waals surface area contributed by atoms with Gasteiger partial charge >= 0.3 is 0 Å². The molecule has 1 aliphatic carbocycles. The molecule has 6 rings (SSSR count). The number of hydrogen-bond acceptors (Lipinski definition) is 0. The summed E-state index contributed by atoms with van der Waals surface area (Å²) in [4.78, 5) is 0. The molecule has 0 heterocycles. The van der Waals surface area contributed by atoms with E-state index in [1.54, 1.807) is 6.08 Å². The lowest BCUT2D eigenvalue weighted by Gasteiger charge is -2.22. The van der Waals surface area contributed by atoms with Gasteiger partial charge in [-0.05, 0) is 88.9 Å². The molecule has 0 N–H and O–H groups in total. The number of hydrogen-bond donors (Lipinski definition) is 0. The fourth-order valence-corrected chi connectivity index (χ4v) is 5.80. The van der Waals surface area contributed by atoms with Gasteiger partial charge in [0.05, 0.1) is 0 Å². The van der Waals surface area contributed by atoms with Crippen LogP contribution < -0.4 is 0 Å². The van der Waals surface area contributed by atoms with Gasteiger partial charge < -0.3 is 0 Å². The van der Waals surface area contributed by atoms with Gasteiger partial charge in [-0.2, -0.15) is 0 Å². The van der Waals surface area contributed by atoms with E-state index in [4.69, 9.17) is 0 Å². The van der Waals surface area contributed by atoms with E-state index in [9.17, 15) is 0 Å². The first-order valence-corrected chi connectivity index (χ1v) is 16.4. The normalized spacial score (nSPS) is 11.4.